The largest absolute Gasteiger partial charge is 0.549 e. The molecule has 0 aliphatic heterocycles. The molecule has 1 aromatic heterocycles. The number of phosphoric acid groups is 1. The second kappa shape index (κ2) is 12.0. The Balaban J connectivity index is 0.00000364. The molecule has 150 valence electrons. The molecule has 27 heavy (non-hydrogen) atoms. The zero-order valence-corrected chi connectivity index (χ0v) is 18.3. The number of aryl methyl sites for hydroxylation is 1. The van der Waals surface area contributed by atoms with Crippen molar-refractivity contribution in [1.82, 2.24) is 20.8 Å². The summed E-state index contributed by atoms with van der Waals surface area (Å²) in [6.07, 6.45) is 1.68. The van der Waals surface area contributed by atoms with Crippen LogP contribution in [0.2, 0.25) is 0 Å². The van der Waals surface area contributed by atoms with Crippen molar-refractivity contribution in [3.05, 3.63) is 48.0 Å². The van der Waals surface area contributed by atoms with Crippen LogP contribution in [0.5, 0.6) is 5.75 Å². The molecule has 0 fully saturated rings. The van der Waals surface area contributed by atoms with Gasteiger partial charge in [-0.25, -0.2) is 15.0 Å². The number of thioether (sulfide) groups is 1. The summed E-state index contributed by atoms with van der Waals surface area (Å²) in [4.78, 5) is 20.9. The van der Waals surface area contributed by atoms with E-state index >= 15 is 0 Å². The minimum absolute atomic E-state index is 0. The van der Waals surface area contributed by atoms with Crippen LogP contribution in [-0.4, -0.2) is 40.2 Å². The molecule has 2 rings (SSSR count). The summed E-state index contributed by atoms with van der Waals surface area (Å²) in [6.45, 7) is 2.57. The second-order valence-corrected chi connectivity index (χ2v) is 7.50. The number of benzene rings is 1. The van der Waals surface area contributed by atoms with Gasteiger partial charge in [0.25, 0.3) is 0 Å². The normalized spacial score (nSPS) is 13.4. The lowest BCUT2D eigenvalue weighted by Crippen LogP contribution is -2.38. The highest BCUT2D eigenvalue weighted by Gasteiger charge is 2.24. The SMILES string of the molecule is Br.CN=C(NCCSCc1nc[nH]c1C)NOP(=O)(O)Oc1ccccc1. The molecule has 0 saturated heterocycles. The van der Waals surface area contributed by atoms with Crippen molar-refractivity contribution < 1.29 is 18.6 Å². The number of nitrogens with zero attached hydrogens (tertiary/aromatic N) is 2. The van der Waals surface area contributed by atoms with E-state index in [4.69, 9.17) is 9.15 Å². The smallest absolute Gasteiger partial charge is 0.403 e. The number of aromatic nitrogens is 2. The summed E-state index contributed by atoms with van der Waals surface area (Å²) in [5.74, 6) is 2.06. The van der Waals surface area contributed by atoms with Crippen molar-refractivity contribution in [2.75, 3.05) is 19.3 Å². The number of aromatic amines is 1. The van der Waals surface area contributed by atoms with Crippen LogP contribution in [-0.2, 0) is 14.9 Å². The van der Waals surface area contributed by atoms with Gasteiger partial charge < -0.3 is 14.8 Å². The van der Waals surface area contributed by atoms with Gasteiger partial charge in [0.1, 0.15) is 5.75 Å². The average Bonchev–Trinajstić information content (AvgIpc) is 3.03. The minimum atomic E-state index is -4.31. The average molecular weight is 480 g/mol. The quantitative estimate of drug-likeness (QED) is 0.142. The lowest BCUT2D eigenvalue weighted by atomic mass is 10.3. The van der Waals surface area contributed by atoms with E-state index in [1.807, 2.05) is 6.92 Å². The predicted molar refractivity (Wildman–Crippen MR) is 112 cm³/mol. The van der Waals surface area contributed by atoms with Crippen molar-refractivity contribution in [3.8, 4) is 5.75 Å². The van der Waals surface area contributed by atoms with Gasteiger partial charge in [-0.1, -0.05) is 18.2 Å². The van der Waals surface area contributed by atoms with E-state index in [0.29, 0.717) is 6.54 Å². The van der Waals surface area contributed by atoms with Crippen molar-refractivity contribution in [2.45, 2.75) is 12.7 Å². The first-order chi connectivity index (χ1) is 12.5. The lowest BCUT2D eigenvalue weighted by Gasteiger charge is -2.15. The van der Waals surface area contributed by atoms with Crippen LogP contribution in [0.4, 0.5) is 0 Å². The van der Waals surface area contributed by atoms with E-state index in [9.17, 15) is 9.46 Å². The van der Waals surface area contributed by atoms with E-state index in [1.54, 1.807) is 48.4 Å². The molecule has 0 saturated carbocycles. The molecule has 1 unspecified atom stereocenters. The summed E-state index contributed by atoms with van der Waals surface area (Å²) in [6, 6.07) is 8.25. The van der Waals surface area contributed by atoms with Crippen LogP contribution in [0.25, 0.3) is 0 Å². The number of rotatable bonds is 9. The predicted octanol–water partition coefficient (Wildman–Crippen LogP) is 2.81. The maximum atomic E-state index is 11.9. The number of nitrogens with one attached hydrogen (secondary N) is 3. The topological polar surface area (TPSA) is 121 Å². The van der Waals surface area contributed by atoms with Crippen molar-refractivity contribution in [1.29, 1.82) is 0 Å². The Labute approximate surface area is 172 Å². The van der Waals surface area contributed by atoms with Crippen LogP contribution in [0.15, 0.2) is 41.7 Å². The minimum Gasteiger partial charge on any atom is -0.403 e. The zero-order chi connectivity index (χ0) is 18.8. The molecule has 4 N–H and O–H groups in total. The maximum Gasteiger partial charge on any atom is 0.549 e. The molecule has 0 amide bonds. The number of aliphatic imine (C=N–C) groups is 1. The van der Waals surface area contributed by atoms with Crippen LogP contribution in [0, 0.1) is 6.92 Å². The number of phosphoric ester groups is 1. The van der Waals surface area contributed by atoms with Crippen LogP contribution >= 0.6 is 36.6 Å². The Morgan fingerprint density at radius 1 is 1.41 bits per heavy atom. The summed E-state index contributed by atoms with van der Waals surface area (Å²) >= 11 is 1.71. The number of para-hydroxylation sites is 1. The number of hydrogen-bond donors (Lipinski definition) is 4. The van der Waals surface area contributed by atoms with Gasteiger partial charge in [0.15, 0.2) is 0 Å². The molecule has 0 aliphatic rings. The molecule has 0 bridgehead atoms. The molecule has 2 aromatic rings. The van der Waals surface area contributed by atoms with Gasteiger partial charge in [-0.3, -0.25) is 9.89 Å². The maximum absolute atomic E-state index is 11.9. The third-order valence-electron chi connectivity index (χ3n) is 3.16. The highest BCUT2D eigenvalue weighted by atomic mass is 79.9. The summed E-state index contributed by atoms with van der Waals surface area (Å²) < 4.78 is 21.6. The summed E-state index contributed by atoms with van der Waals surface area (Å²) in [5.41, 5.74) is 4.41. The van der Waals surface area contributed by atoms with Crippen LogP contribution in [0.3, 0.4) is 0 Å². The second-order valence-electron chi connectivity index (χ2n) is 5.09. The van der Waals surface area contributed by atoms with Gasteiger partial charge in [0.2, 0.25) is 5.96 Å². The molecule has 1 aromatic carbocycles. The van der Waals surface area contributed by atoms with Gasteiger partial charge in [0, 0.05) is 30.8 Å². The van der Waals surface area contributed by atoms with Crippen LogP contribution in [0.1, 0.15) is 11.4 Å². The molecular weight excluding hydrogens is 457 g/mol. The molecule has 0 aliphatic carbocycles. The van der Waals surface area contributed by atoms with Crippen molar-refractivity contribution in [2.24, 2.45) is 4.99 Å². The zero-order valence-electron chi connectivity index (χ0n) is 14.9. The summed E-state index contributed by atoms with van der Waals surface area (Å²) in [5, 5.41) is 2.98. The highest BCUT2D eigenvalue weighted by molar-refractivity contribution is 8.93. The highest BCUT2D eigenvalue weighted by Crippen LogP contribution is 2.42. The van der Waals surface area contributed by atoms with Gasteiger partial charge >= 0.3 is 7.82 Å². The molecule has 1 atom stereocenters. The fraction of sp³-hybridized carbons (Fsp3) is 0.333. The fourth-order valence-corrected chi connectivity index (χ4v) is 3.34. The standard InChI is InChI=1S/C15H22N5O4PS.BrH/c1-12-14(19-11-18-12)10-26-9-8-17-15(16-2)20-24-25(21,22)23-13-6-4-3-5-7-13;/h3-7,11H,8-10H2,1-2H3,(H,18,19)(H,21,22)(H2,16,17,20);1H. The first kappa shape index (κ1) is 23.5. The number of guanidine groups is 1. The molecule has 1 heterocycles. The number of imidazole rings is 1. The first-order valence-corrected chi connectivity index (χ1v) is 10.4. The van der Waals surface area contributed by atoms with Gasteiger partial charge in [-0.2, -0.15) is 16.4 Å². The Morgan fingerprint density at radius 3 is 2.78 bits per heavy atom. The monoisotopic (exact) mass is 479 g/mol. The number of hydroxylamine groups is 1. The van der Waals surface area contributed by atoms with Gasteiger partial charge in [-0.05, 0) is 19.1 Å². The van der Waals surface area contributed by atoms with E-state index in [1.165, 1.54) is 7.05 Å². The van der Waals surface area contributed by atoms with Crippen molar-refractivity contribution >= 4 is 42.5 Å². The molecule has 9 nitrogen and oxygen atoms in total. The Kier molecular flexibility index (Phi) is 10.5. The summed E-state index contributed by atoms with van der Waals surface area (Å²) in [7, 11) is -2.79. The third-order valence-corrected chi connectivity index (χ3v) is 4.89. The van der Waals surface area contributed by atoms with E-state index in [-0.39, 0.29) is 28.7 Å². The van der Waals surface area contributed by atoms with Crippen LogP contribution < -0.4 is 15.3 Å². The first-order valence-electron chi connectivity index (χ1n) is 7.79. The number of H-pyrrole nitrogens is 1. The third kappa shape index (κ3) is 8.81. The van der Waals surface area contributed by atoms with E-state index < -0.39 is 7.82 Å². The Hall–Kier alpha value is -1.52. The van der Waals surface area contributed by atoms with E-state index in [0.717, 1.165) is 22.9 Å². The number of hydrogen-bond acceptors (Lipinski definition) is 6. The fourth-order valence-electron chi connectivity index (χ4n) is 1.84. The van der Waals surface area contributed by atoms with Crippen molar-refractivity contribution in [3.63, 3.8) is 0 Å². The number of halogens is 1. The molecular formula is C15H23BrN5O4PS. The Bertz CT molecular complexity index is 762. The van der Waals surface area contributed by atoms with Gasteiger partial charge in [0.05, 0.1) is 12.0 Å². The molecule has 0 spiro atoms. The van der Waals surface area contributed by atoms with Gasteiger partial charge in [-0.15, -0.1) is 17.0 Å². The lowest BCUT2D eigenvalue weighted by molar-refractivity contribution is 0.167. The Morgan fingerprint density at radius 2 is 2.15 bits per heavy atom. The van der Waals surface area contributed by atoms with E-state index in [2.05, 4.69) is 25.8 Å². The molecule has 12 heteroatoms. The molecule has 0 radical (unpaired) electrons.